The van der Waals surface area contributed by atoms with Gasteiger partial charge in [0.25, 0.3) is 0 Å². The Bertz CT molecular complexity index is 964. The second-order valence-electron chi connectivity index (χ2n) is 14.2. The predicted molar refractivity (Wildman–Crippen MR) is 150 cm³/mol. The molecule has 0 heterocycles. The zero-order valence-electron chi connectivity index (χ0n) is 25.0. The SMILES string of the molecule is CC(CCC(=O)C(N)(CCCCN)C(=O)OOC=O)C1CCC2C3C(O)CC4CC(O)CCC4(C)C3CC(O)C12C. The van der Waals surface area contributed by atoms with E-state index in [9.17, 15) is 29.7 Å². The van der Waals surface area contributed by atoms with Crippen molar-refractivity contribution in [1.29, 1.82) is 0 Å². The Morgan fingerprint density at radius 1 is 1.07 bits per heavy atom. The summed E-state index contributed by atoms with van der Waals surface area (Å²) >= 11 is 0. The van der Waals surface area contributed by atoms with Gasteiger partial charge < -0.3 is 26.8 Å². The summed E-state index contributed by atoms with van der Waals surface area (Å²) in [5.74, 6) is -0.545. The van der Waals surface area contributed by atoms with Gasteiger partial charge in [0.1, 0.15) is 0 Å². The molecule has 0 amide bonds. The highest BCUT2D eigenvalue weighted by atomic mass is 17.2. The van der Waals surface area contributed by atoms with Crippen LogP contribution in [0.25, 0.3) is 0 Å². The largest absolute Gasteiger partial charge is 0.393 e. The Labute approximate surface area is 243 Å². The van der Waals surface area contributed by atoms with Crippen molar-refractivity contribution in [3.63, 3.8) is 0 Å². The minimum absolute atomic E-state index is 0.0120. The van der Waals surface area contributed by atoms with Crippen LogP contribution in [0.5, 0.6) is 0 Å². The van der Waals surface area contributed by atoms with Crippen LogP contribution in [0.1, 0.15) is 97.8 Å². The summed E-state index contributed by atoms with van der Waals surface area (Å²) in [5.41, 5.74) is 9.55. The second-order valence-corrected chi connectivity index (χ2v) is 14.2. The molecule has 10 nitrogen and oxygen atoms in total. The molecule has 0 radical (unpaired) electrons. The number of rotatable bonds is 12. The van der Waals surface area contributed by atoms with Crippen molar-refractivity contribution < 1.29 is 39.5 Å². The third-order valence-corrected chi connectivity index (χ3v) is 12.4. The number of carbonyl (C=O) groups excluding carboxylic acids is 3. The van der Waals surface area contributed by atoms with Crippen LogP contribution in [0, 0.1) is 46.3 Å². The molecule has 0 aromatic rings. The number of unbranched alkanes of at least 4 members (excludes halogenated alkanes) is 1. The minimum Gasteiger partial charge on any atom is -0.393 e. The average Bonchev–Trinajstić information content (AvgIpc) is 3.30. The van der Waals surface area contributed by atoms with Gasteiger partial charge in [0, 0.05) is 6.42 Å². The van der Waals surface area contributed by atoms with E-state index >= 15 is 0 Å². The molecular formula is C31H52N2O8. The minimum atomic E-state index is -1.93. The average molecular weight is 581 g/mol. The first kappa shape index (κ1) is 32.3. The summed E-state index contributed by atoms with van der Waals surface area (Å²) < 4.78 is 0. The van der Waals surface area contributed by atoms with Gasteiger partial charge >= 0.3 is 12.4 Å². The molecule has 4 aliphatic carbocycles. The Morgan fingerprint density at radius 2 is 1.80 bits per heavy atom. The van der Waals surface area contributed by atoms with Gasteiger partial charge in [-0.1, -0.05) is 20.8 Å². The quantitative estimate of drug-likeness (QED) is 0.0755. The molecule has 0 spiro atoms. The topological polar surface area (TPSA) is 182 Å². The first-order valence-electron chi connectivity index (χ1n) is 15.7. The lowest BCUT2D eigenvalue weighted by Gasteiger charge is -2.63. The van der Waals surface area contributed by atoms with Crippen LogP contribution in [0.2, 0.25) is 0 Å². The van der Waals surface area contributed by atoms with Crippen LogP contribution in [0.4, 0.5) is 0 Å². The number of fused-ring (bicyclic) bond motifs is 5. The fourth-order valence-corrected chi connectivity index (χ4v) is 9.96. The van der Waals surface area contributed by atoms with Crippen LogP contribution in [0.3, 0.4) is 0 Å². The maximum Gasteiger partial charge on any atom is 0.382 e. The smallest absolute Gasteiger partial charge is 0.382 e. The third-order valence-electron chi connectivity index (χ3n) is 12.4. The summed E-state index contributed by atoms with van der Waals surface area (Å²) in [6.07, 6.45) is 5.97. The van der Waals surface area contributed by atoms with Crippen LogP contribution in [0.15, 0.2) is 0 Å². The lowest BCUT2D eigenvalue weighted by molar-refractivity contribution is -0.252. The maximum absolute atomic E-state index is 13.3. The van der Waals surface area contributed by atoms with Crippen LogP contribution in [-0.4, -0.2) is 63.9 Å². The number of hydrogen-bond acceptors (Lipinski definition) is 10. The number of aliphatic hydroxyl groups excluding tert-OH is 3. The fourth-order valence-electron chi connectivity index (χ4n) is 9.96. The van der Waals surface area contributed by atoms with Crippen molar-refractivity contribution in [3.8, 4) is 0 Å². The molecule has 4 fully saturated rings. The lowest BCUT2D eigenvalue weighted by Crippen LogP contribution is -2.62. The molecular weight excluding hydrogens is 528 g/mol. The molecule has 0 saturated heterocycles. The normalized spacial score (nSPS) is 42.1. The van der Waals surface area contributed by atoms with E-state index in [0.29, 0.717) is 38.6 Å². The fraction of sp³-hybridized carbons (Fsp3) is 0.903. The molecule has 12 unspecified atom stereocenters. The van der Waals surface area contributed by atoms with E-state index < -0.39 is 29.5 Å². The monoisotopic (exact) mass is 580 g/mol. The Kier molecular flexibility index (Phi) is 9.91. The number of nitrogens with two attached hydrogens (primary N) is 2. The molecule has 10 heteroatoms. The number of Topliss-reactive ketones (excluding diaryl/α,β-unsaturated/α-hetero) is 1. The Hall–Kier alpha value is -1.59. The van der Waals surface area contributed by atoms with E-state index in [1.165, 1.54) is 0 Å². The Morgan fingerprint density at radius 3 is 2.49 bits per heavy atom. The van der Waals surface area contributed by atoms with Crippen molar-refractivity contribution in [2.45, 2.75) is 122 Å². The number of hydrogen-bond donors (Lipinski definition) is 5. The van der Waals surface area contributed by atoms with Gasteiger partial charge in [0.2, 0.25) is 0 Å². The van der Waals surface area contributed by atoms with Crippen molar-refractivity contribution >= 4 is 18.2 Å². The zero-order valence-corrected chi connectivity index (χ0v) is 25.0. The summed E-state index contributed by atoms with van der Waals surface area (Å²) in [4.78, 5) is 45.1. The number of ketones is 1. The van der Waals surface area contributed by atoms with Crippen LogP contribution in [-0.2, 0) is 24.2 Å². The molecule has 12 atom stereocenters. The molecule has 41 heavy (non-hydrogen) atoms. The highest BCUT2D eigenvalue weighted by molar-refractivity contribution is 6.08. The Balaban J connectivity index is 1.47. The summed E-state index contributed by atoms with van der Waals surface area (Å²) in [6, 6.07) is 0. The first-order chi connectivity index (χ1) is 19.3. The highest BCUT2D eigenvalue weighted by Gasteiger charge is 2.65. The summed E-state index contributed by atoms with van der Waals surface area (Å²) in [6.45, 7) is 6.95. The first-order valence-corrected chi connectivity index (χ1v) is 15.7. The zero-order chi connectivity index (χ0) is 30.2. The second kappa shape index (κ2) is 12.6. The molecule has 0 aromatic carbocycles. The van der Waals surface area contributed by atoms with E-state index in [-0.39, 0.29) is 71.8 Å². The van der Waals surface area contributed by atoms with Crippen molar-refractivity contribution in [1.82, 2.24) is 0 Å². The van der Waals surface area contributed by atoms with Gasteiger partial charge in [-0.05, 0) is 124 Å². The van der Waals surface area contributed by atoms with Crippen molar-refractivity contribution in [2.75, 3.05) is 6.54 Å². The van der Waals surface area contributed by atoms with E-state index in [1.807, 2.05) is 0 Å². The van der Waals surface area contributed by atoms with Gasteiger partial charge in [-0.25, -0.2) is 9.68 Å². The molecule has 234 valence electrons. The van der Waals surface area contributed by atoms with E-state index in [2.05, 4.69) is 30.5 Å². The molecule has 4 aliphatic rings. The molecule has 0 bridgehead atoms. The third kappa shape index (κ3) is 5.71. The van der Waals surface area contributed by atoms with Crippen molar-refractivity contribution in [2.24, 2.45) is 57.8 Å². The van der Waals surface area contributed by atoms with E-state index in [0.717, 1.165) is 32.1 Å². The highest BCUT2D eigenvalue weighted by Crippen LogP contribution is 2.68. The van der Waals surface area contributed by atoms with Crippen molar-refractivity contribution in [3.05, 3.63) is 0 Å². The van der Waals surface area contributed by atoms with Gasteiger partial charge in [-0.2, -0.15) is 0 Å². The molecule has 0 aromatic heterocycles. The van der Waals surface area contributed by atoms with Crippen LogP contribution >= 0.6 is 0 Å². The maximum atomic E-state index is 13.3. The lowest BCUT2D eigenvalue weighted by atomic mass is 9.43. The van der Waals surface area contributed by atoms with E-state index in [4.69, 9.17) is 11.5 Å². The van der Waals surface area contributed by atoms with Gasteiger partial charge in [0.05, 0.1) is 18.3 Å². The molecule has 7 N–H and O–H groups in total. The number of carbonyl (C=O) groups is 3. The molecule has 0 aliphatic heterocycles. The van der Waals surface area contributed by atoms with Gasteiger partial charge in [-0.15, -0.1) is 0 Å². The molecule has 4 saturated carbocycles. The summed E-state index contributed by atoms with van der Waals surface area (Å²) in [7, 11) is 0. The standard InChI is InChI=1S/C31H52N2O8/c1-18(6-9-25(37)31(33,11-4-5-13-32)28(39)41-40-17-34)21-7-8-22-27-23(16-26(38)30(21,22)3)29(2)12-10-20(35)14-19(29)15-24(27)36/h17-24,26-27,35-36,38H,4-16,32-33H2,1-3H3. The van der Waals surface area contributed by atoms with Gasteiger partial charge in [-0.3, -0.25) is 14.5 Å². The van der Waals surface area contributed by atoms with E-state index in [1.54, 1.807) is 0 Å². The summed E-state index contributed by atoms with van der Waals surface area (Å²) in [5, 5.41) is 33.6. The van der Waals surface area contributed by atoms with Gasteiger partial charge in [0.15, 0.2) is 11.3 Å². The predicted octanol–water partition coefficient (Wildman–Crippen LogP) is 2.39. The number of aliphatic hydroxyl groups is 3. The molecule has 4 rings (SSSR count). The van der Waals surface area contributed by atoms with Crippen LogP contribution < -0.4 is 11.5 Å².